The van der Waals surface area contributed by atoms with Crippen molar-refractivity contribution in [3.8, 4) is 5.75 Å². The van der Waals surface area contributed by atoms with Gasteiger partial charge in [-0.15, -0.1) is 11.8 Å². The lowest BCUT2D eigenvalue weighted by Gasteiger charge is -2.39. The second-order valence-corrected chi connectivity index (χ2v) is 11.1. The van der Waals surface area contributed by atoms with Crippen LogP contribution in [-0.4, -0.2) is 38.9 Å². The molecular weight excluding hydrogens is 486 g/mol. The van der Waals surface area contributed by atoms with Gasteiger partial charge in [0, 0.05) is 42.3 Å². The summed E-state index contributed by atoms with van der Waals surface area (Å²) in [5.74, 6) is 2.15. The van der Waals surface area contributed by atoms with Crippen LogP contribution in [0.15, 0.2) is 71.9 Å². The monoisotopic (exact) mass is 517 g/mol. The first-order valence-electron chi connectivity index (χ1n) is 12.8. The molecule has 0 radical (unpaired) electrons. The van der Waals surface area contributed by atoms with Gasteiger partial charge in [0.1, 0.15) is 18.1 Å². The van der Waals surface area contributed by atoms with Crippen LogP contribution >= 0.6 is 11.8 Å². The standard InChI is InChI=1S/C29H31N3O4S/c1-19(2)26-5-3-4-6-27(26)36-25-15-22-11-12-23(16-25)31(22)29(33)21-9-7-20(8-10-21)18-37-28-14-13-24(17-30-28)32(34)35/h3-10,13-14,17,19,22-23,25H,11-12,15-16,18H2,1-2H3. The molecule has 7 nitrogen and oxygen atoms in total. The van der Waals surface area contributed by atoms with Crippen LogP contribution in [0.1, 0.15) is 66.9 Å². The number of hydrogen-bond donors (Lipinski definition) is 0. The summed E-state index contributed by atoms with van der Waals surface area (Å²) in [4.78, 5) is 30.0. The Labute approximate surface area is 221 Å². The Balaban J connectivity index is 1.19. The number of rotatable bonds is 8. The third-order valence-electron chi connectivity index (χ3n) is 7.28. The van der Waals surface area contributed by atoms with E-state index < -0.39 is 4.92 Å². The zero-order valence-electron chi connectivity index (χ0n) is 21.1. The number of piperidine rings is 1. The SMILES string of the molecule is CC(C)c1ccccc1OC1CC2CCC(C1)N2C(=O)c1ccc(CSc2ccc([N+](=O)[O-])cn2)cc1. The minimum atomic E-state index is -0.454. The number of para-hydroxylation sites is 1. The van der Waals surface area contributed by atoms with Crippen molar-refractivity contribution in [2.45, 2.75) is 74.4 Å². The molecule has 2 bridgehead atoms. The summed E-state index contributed by atoms with van der Waals surface area (Å²) in [6.07, 6.45) is 5.19. The first-order chi connectivity index (χ1) is 17.9. The summed E-state index contributed by atoms with van der Waals surface area (Å²) in [7, 11) is 0. The fraction of sp³-hybridized carbons (Fsp3) is 0.379. The summed E-state index contributed by atoms with van der Waals surface area (Å²) >= 11 is 1.51. The molecule has 8 heteroatoms. The highest BCUT2D eigenvalue weighted by Crippen LogP contribution is 2.39. The number of carbonyl (C=O) groups is 1. The van der Waals surface area contributed by atoms with Gasteiger partial charge < -0.3 is 9.64 Å². The molecule has 2 fully saturated rings. The van der Waals surface area contributed by atoms with Crippen LogP contribution in [0.25, 0.3) is 0 Å². The van der Waals surface area contributed by atoms with Gasteiger partial charge in [-0.05, 0) is 54.2 Å². The van der Waals surface area contributed by atoms with Crippen molar-refractivity contribution in [2.75, 3.05) is 0 Å². The van der Waals surface area contributed by atoms with Crippen molar-refractivity contribution in [3.63, 3.8) is 0 Å². The van der Waals surface area contributed by atoms with E-state index in [4.69, 9.17) is 4.74 Å². The highest BCUT2D eigenvalue weighted by Gasteiger charge is 2.44. The molecule has 3 aromatic rings. The third-order valence-corrected chi connectivity index (χ3v) is 8.29. The lowest BCUT2D eigenvalue weighted by molar-refractivity contribution is -0.385. The lowest BCUT2D eigenvalue weighted by Crippen LogP contribution is -2.49. The Bertz CT molecular complexity index is 1250. The Kier molecular flexibility index (Phi) is 7.46. The molecule has 2 aliphatic rings. The van der Waals surface area contributed by atoms with E-state index in [1.165, 1.54) is 29.6 Å². The Morgan fingerprint density at radius 3 is 2.41 bits per heavy atom. The van der Waals surface area contributed by atoms with Gasteiger partial charge in [-0.25, -0.2) is 4.98 Å². The van der Waals surface area contributed by atoms with Crippen LogP contribution < -0.4 is 4.74 Å². The number of benzene rings is 2. The summed E-state index contributed by atoms with van der Waals surface area (Å²) in [5, 5.41) is 11.5. The lowest BCUT2D eigenvalue weighted by atomic mass is 9.97. The molecule has 192 valence electrons. The predicted molar refractivity (Wildman–Crippen MR) is 144 cm³/mol. The number of nitrogens with zero attached hydrogens (tertiary/aromatic N) is 3. The summed E-state index contributed by atoms with van der Waals surface area (Å²) in [5.41, 5.74) is 3.00. The van der Waals surface area contributed by atoms with Crippen LogP contribution in [0, 0.1) is 10.1 Å². The second kappa shape index (κ2) is 10.9. The molecule has 0 spiro atoms. The van der Waals surface area contributed by atoms with E-state index in [1.54, 1.807) is 6.07 Å². The highest BCUT2D eigenvalue weighted by atomic mass is 32.2. The van der Waals surface area contributed by atoms with E-state index in [0.29, 0.717) is 17.2 Å². The number of thioether (sulfide) groups is 1. The molecule has 0 aliphatic carbocycles. The van der Waals surface area contributed by atoms with Crippen molar-refractivity contribution in [3.05, 3.63) is 93.7 Å². The zero-order valence-corrected chi connectivity index (χ0v) is 21.9. The number of ether oxygens (including phenoxy) is 1. The predicted octanol–water partition coefficient (Wildman–Crippen LogP) is 6.62. The first kappa shape index (κ1) is 25.3. The van der Waals surface area contributed by atoms with Crippen molar-refractivity contribution in [1.29, 1.82) is 0 Å². The van der Waals surface area contributed by atoms with Crippen LogP contribution in [0.3, 0.4) is 0 Å². The molecule has 5 rings (SSSR count). The van der Waals surface area contributed by atoms with E-state index in [9.17, 15) is 14.9 Å². The molecule has 1 aromatic heterocycles. The Hall–Kier alpha value is -3.39. The van der Waals surface area contributed by atoms with Crippen LogP contribution in [0.4, 0.5) is 5.69 Å². The van der Waals surface area contributed by atoms with Gasteiger partial charge in [0.25, 0.3) is 11.6 Å². The average molecular weight is 518 g/mol. The largest absolute Gasteiger partial charge is 0.490 e. The Morgan fingerprint density at radius 2 is 1.78 bits per heavy atom. The van der Waals surface area contributed by atoms with Crippen molar-refractivity contribution < 1.29 is 14.5 Å². The van der Waals surface area contributed by atoms with Gasteiger partial charge in [0.05, 0.1) is 9.95 Å². The molecule has 37 heavy (non-hydrogen) atoms. The molecule has 2 aliphatic heterocycles. The molecule has 3 heterocycles. The summed E-state index contributed by atoms with van der Waals surface area (Å²) in [6.45, 7) is 4.37. The van der Waals surface area contributed by atoms with Gasteiger partial charge in [0.15, 0.2) is 0 Å². The fourth-order valence-electron chi connectivity index (χ4n) is 5.42. The molecule has 1 amide bonds. The van der Waals surface area contributed by atoms with Gasteiger partial charge in [-0.1, -0.05) is 44.2 Å². The fourth-order valence-corrected chi connectivity index (χ4v) is 6.21. The van der Waals surface area contributed by atoms with Gasteiger partial charge in [-0.2, -0.15) is 0 Å². The quantitative estimate of drug-likeness (QED) is 0.190. The number of amides is 1. The number of hydrogen-bond acceptors (Lipinski definition) is 6. The summed E-state index contributed by atoms with van der Waals surface area (Å²) in [6, 6.07) is 19.6. The van der Waals surface area contributed by atoms with Gasteiger partial charge >= 0.3 is 0 Å². The smallest absolute Gasteiger partial charge is 0.287 e. The molecule has 2 unspecified atom stereocenters. The molecule has 2 saturated heterocycles. The van der Waals surface area contributed by atoms with Crippen molar-refractivity contribution >= 4 is 23.4 Å². The van der Waals surface area contributed by atoms with E-state index in [-0.39, 0.29) is 29.8 Å². The molecular formula is C29H31N3O4S. The topological polar surface area (TPSA) is 85.6 Å². The molecule has 2 aromatic carbocycles. The molecule has 0 N–H and O–H groups in total. The van der Waals surface area contributed by atoms with Crippen molar-refractivity contribution in [2.24, 2.45) is 0 Å². The average Bonchev–Trinajstić information content (AvgIpc) is 3.17. The summed E-state index contributed by atoms with van der Waals surface area (Å²) < 4.78 is 6.48. The third kappa shape index (κ3) is 5.64. The van der Waals surface area contributed by atoms with Gasteiger partial charge in [0.2, 0.25) is 0 Å². The second-order valence-electron chi connectivity index (χ2n) is 10.1. The number of nitro groups is 1. The number of fused-ring (bicyclic) bond motifs is 2. The van der Waals surface area contributed by atoms with E-state index in [0.717, 1.165) is 42.0 Å². The number of pyridine rings is 1. The minimum Gasteiger partial charge on any atom is -0.490 e. The van der Waals surface area contributed by atoms with Crippen LogP contribution in [0.5, 0.6) is 5.75 Å². The number of aromatic nitrogens is 1. The maximum Gasteiger partial charge on any atom is 0.287 e. The highest BCUT2D eigenvalue weighted by molar-refractivity contribution is 7.98. The minimum absolute atomic E-state index is 0.0165. The van der Waals surface area contributed by atoms with E-state index >= 15 is 0 Å². The van der Waals surface area contributed by atoms with E-state index in [1.807, 2.05) is 30.3 Å². The molecule has 0 saturated carbocycles. The zero-order chi connectivity index (χ0) is 25.9. The molecule has 2 atom stereocenters. The Morgan fingerprint density at radius 1 is 1.08 bits per heavy atom. The van der Waals surface area contributed by atoms with Gasteiger partial charge in [-0.3, -0.25) is 14.9 Å². The van der Waals surface area contributed by atoms with Crippen LogP contribution in [-0.2, 0) is 5.75 Å². The normalized spacial score (nSPS) is 20.7. The van der Waals surface area contributed by atoms with Crippen LogP contribution in [0.2, 0.25) is 0 Å². The maximum atomic E-state index is 13.5. The maximum absolute atomic E-state index is 13.5. The van der Waals surface area contributed by atoms with Crippen molar-refractivity contribution in [1.82, 2.24) is 9.88 Å². The first-order valence-corrected chi connectivity index (χ1v) is 13.8. The number of carbonyl (C=O) groups excluding carboxylic acids is 1. The van der Waals surface area contributed by atoms with E-state index in [2.05, 4.69) is 41.9 Å².